The number of aliphatic imine (C=N–C) groups is 1. The molecule has 3 aromatic carbocycles. The fraction of sp³-hybridized carbons (Fsp3) is 0.125. The Balaban J connectivity index is 1.57. The Kier molecular flexibility index (Phi) is 5.95. The van der Waals surface area contributed by atoms with Gasteiger partial charge in [0, 0.05) is 12.1 Å². The number of carbonyl (C=O) groups excluding carboxylic acids is 2. The molecule has 1 aliphatic heterocycles. The quantitative estimate of drug-likeness (QED) is 0.626. The molecule has 0 radical (unpaired) electrons. The lowest BCUT2D eigenvalue weighted by molar-refractivity contribution is -0.121. The molecule has 1 atom stereocenters. The highest BCUT2D eigenvalue weighted by molar-refractivity contribution is 8.16. The molecule has 1 N–H and O–H groups in total. The Morgan fingerprint density at radius 3 is 2.30 bits per heavy atom. The van der Waals surface area contributed by atoms with Gasteiger partial charge in [-0.05, 0) is 42.8 Å². The number of aryl methyl sites for hydroxylation is 1. The molecular weight excluding hydrogens is 394 g/mol. The van der Waals surface area contributed by atoms with Crippen LogP contribution < -0.4 is 10.2 Å². The van der Waals surface area contributed by atoms with E-state index in [4.69, 9.17) is 0 Å². The molecule has 4 rings (SSSR count). The van der Waals surface area contributed by atoms with Crippen molar-refractivity contribution in [3.05, 3.63) is 90.5 Å². The lowest BCUT2D eigenvalue weighted by Gasteiger charge is -2.16. The molecular formula is C24H21N3O2S. The SMILES string of the molecule is Cc1ccccc1NC(=O)CC1SC(=Nc2ccccc2)N(c2ccccc2)C1=O. The second-order valence-electron chi connectivity index (χ2n) is 6.91. The zero-order chi connectivity index (χ0) is 20.9. The lowest BCUT2D eigenvalue weighted by Crippen LogP contribution is -2.33. The Morgan fingerprint density at radius 1 is 0.967 bits per heavy atom. The van der Waals surface area contributed by atoms with Crippen LogP contribution in [0.15, 0.2) is 89.9 Å². The van der Waals surface area contributed by atoms with Gasteiger partial charge in [-0.15, -0.1) is 0 Å². The van der Waals surface area contributed by atoms with Gasteiger partial charge in [0.2, 0.25) is 11.8 Å². The number of nitrogens with zero attached hydrogens (tertiary/aromatic N) is 2. The van der Waals surface area contributed by atoms with Crippen molar-refractivity contribution < 1.29 is 9.59 Å². The summed E-state index contributed by atoms with van der Waals surface area (Å²) in [6.07, 6.45) is 0.0784. The highest BCUT2D eigenvalue weighted by Crippen LogP contribution is 2.35. The molecule has 0 spiro atoms. The van der Waals surface area contributed by atoms with Crippen LogP contribution in [0.25, 0.3) is 0 Å². The summed E-state index contributed by atoms with van der Waals surface area (Å²) in [5, 5.41) is 2.96. The first-order chi connectivity index (χ1) is 14.6. The van der Waals surface area contributed by atoms with Crippen LogP contribution in [0, 0.1) is 6.92 Å². The molecule has 0 aromatic heterocycles. The minimum Gasteiger partial charge on any atom is -0.326 e. The Morgan fingerprint density at radius 2 is 1.60 bits per heavy atom. The predicted octanol–water partition coefficient (Wildman–Crippen LogP) is 5.16. The second kappa shape index (κ2) is 8.97. The topological polar surface area (TPSA) is 61.8 Å². The van der Waals surface area contributed by atoms with Crippen molar-refractivity contribution >= 4 is 45.8 Å². The fourth-order valence-electron chi connectivity index (χ4n) is 3.18. The lowest BCUT2D eigenvalue weighted by atomic mass is 10.2. The first kappa shape index (κ1) is 19.9. The third-order valence-electron chi connectivity index (χ3n) is 4.72. The molecule has 1 heterocycles. The van der Waals surface area contributed by atoms with Gasteiger partial charge in [0.15, 0.2) is 5.17 Å². The maximum Gasteiger partial charge on any atom is 0.247 e. The zero-order valence-electron chi connectivity index (χ0n) is 16.5. The number of hydrogen-bond acceptors (Lipinski definition) is 4. The minimum atomic E-state index is -0.531. The van der Waals surface area contributed by atoms with Crippen molar-refractivity contribution in [1.29, 1.82) is 0 Å². The summed E-state index contributed by atoms with van der Waals surface area (Å²) in [7, 11) is 0. The number of para-hydroxylation sites is 3. The summed E-state index contributed by atoms with van der Waals surface area (Å²) < 4.78 is 0. The van der Waals surface area contributed by atoms with Crippen molar-refractivity contribution in [2.45, 2.75) is 18.6 Å². The third kappa shape index (κ3) is 4.44. The smallest absolute Gasteiger partial charge is 0.247 e. The van der Waals surface area contributed by atoms with Gasteiger partial charge in [0.25, 0.3) is 0 Å². The van der Waals surface area contributed by atoms with Crippen LogP contribution in [0.1, 0.15) is 12.0 Å². The van der Waals surface area contributed by atoms with E-state index in [2.05, 4.69) is 10.3 Å². The first-order valence-electron chi connectivity index (χ1n) is 9.67. The van der Waals surface area contributed by atoms with Crippen LogP contribution in [-0.4, -0.2) is 22.2 Å². The molecule has 0 bridgehead atoms. The molecule has 0 aliphatic carbocycles. The number of amides is 2. The Hall–Kier alpha value is -3.38. The molecule has 1 aliphatic rings. The fourth-order valence-corrected chi connectivity index (χ4v) is 4.34. The van der Waals surface area contributed by atoms with Gasteiger partial charge in [-0.25, -0.2) is 4.99 Å². The van der Waals surface area contributed by atoms with Gasteiger partial charge in [-0.2, -0.15) is 0 Å². The van der Waals surface area contributed by atoms with E-state index >= 15 is 0 Å². The molecule has 1 saturated heterocycles. The van der Waals surface area contributed by atoms with E-state index in [0.717, 1.165) is 22.6 Å². The van der Waals surface area contributed by atoms with Gasteiger partial charge in [0.1, 0.15) is 5.25 Å². The minimum absolute atomic E-state index is 0.0784. The van der Waals surface area contributed by atoms with Crippen LogP contribution in [-0.2, 0) is 9.59 Å². The number of benzene rings is 3. The van der Waals surface area contributed by atoms with Gasteiger partial charge < -0.3 is 5.32 Å². The predicted molar refractivity (Wildman–Crippen MR) is 123 cm³/mol. The Bertz CT molecular complexity index is 1080. The monoisotopic (exact) mass is 415 g/mol. The molecule has 5 nitrogen and oxygen atoms in total. The molecule has 2 amide bonds. The normalized spacial score (nSPS) is 17.4. The molecule has 1 fully saturated rings. The number of thioether (sulfide) groups is 1. The van der Waals surface area contributed by atoms with Crippen LogP contribution in [0.4, 0.5) is 17.1 Å². The number of hydrogen-bond donors (Lipinski definition) is 1. The summed E-state index contributed by atoms with van der Waals surface area (Å²) in [5.74, 6) is -0.329. The summed E-state index contributed by atoms with van der Waals surface area (Å²) >= 11 is 1.33. The maximum atomic E-state index is 13.2. The van der Waals surface area contributed by atoms with E-state index < -0.39 is 5.25 Å². The molecule has 1 unspecified atom stereocenters. The van der Waals surface area contributed by atoms with Gasteiger partial charge in [-0.1, -0.05) is 66.4 Å². The van der Waals surface area contributed by atoms with Gasteiger partial charge in [0.05, 0.1) is 11.4 Å². The van der Waals surface area contributed by atoms with Crippen LogP contribution in [0.5, 0.6) is 0 Å². The van der Waals surface area contributed by atoms with Crippen molar-refractivity contribution in [3.8, 4) is 0 Å². The van der Waals surface area contributed by atoms with Crippen molar-refractivity contribution in [3.63, 3.8) is 0 Å². The third-order valence-corrected chi connectivity index (χ3v) is 5.86. The highest BCUT2D eigenvalue weighted by atomic mass is 32.2. The summed E-state index contributed by atoms with van der Waals surface area (Å²) in [6.45, 7) is 1.94. The van der Waals surface area contributed by atoms with Crippen LogP contribution in [0.2, 0.25) is 0 Å². The van der Waals surface area contributed by atoms with E-state index in [1.54, 1.807) is 4.90 Å². The first-order valence-corrected chi connectivity index (χ1v) is 10.5. The largest absolute Gasteiger partial charge is 0.326 e. The summed E-state index contributed by atoms with van der Waals surface area (Å²) in [5.41, 5.74) is 3.25. The second-order valence-corrected chi connectivity index (χ2v) is 8.08. The van der Waals surface area contributed by atoms with Crippen LogP contribution >= 0.6 is 11.8 Å². The summed E-state index contributed by atoms with van der Waals surface area (Å²) in [4.78, 5) is 32.1. The summed E-state index contributed by atoms with van der Waals surface area (Å²) in [6, 6.07) is 26.5. The molecule has 150 valence electrons. The van der Waals surface area contributed by atoms with E-state index in [9.17, 15) is 9.59 Å². The highest BCUT2D eigenvalue weighted by Gasteiger charge is 2.40. The van der Waals surface area contributed by atoms with E-state index in [1.165, 1.54) is 11.8 Å². The zero-order valence-corrected chi connectivity index (χ0v) is 17.3. The van der Waals surface area contributed by atoms with E-state index in [1.807, 2.05) is 91.9 Å². The molecule has 30 heavy (non-hydrogen) atoms. The number of nitrogens with one attached hydrogen (secondary N) is 1. The average molecular weight is 416 g/mol. The molecule has 3 aromatic rings. The number of rotatable bonds is 5. The van der Waals surface area contributed by atoms with E-state index in [-0.39, 0.29) is 18.2 Å². The Labute approximate surface area is 179 Å². The van der Waals surface area contributed by atoms with Crippen molar-refractivity contribution in [2.24, 2.45) is 4.99 Å². The number of anilines is 2. The van der Waals surface area contributed by atoms with Crippen molar-refractivity contribution in [2.75, 3.05) is 10.2 Å². The maximum absolute atomic E-state index is 13.2. The molecule has 0 saturated carbocycles. The standard InChI is InChI=1S/C24H21N3O2S/c1-17-10-8-9-15-20(17)26-22(28)16-21-23(29)27(19-13-6-3-7-14-19)24(30-21)25-18-11-4-2-5-12-18/h2-15,21H,16H2,1H3,(H,26,28). The van der Waals surface area contributed by atoms with Gasteiger partial charge >= 0.3 is 0 Å². The van der Waals surface area contributed by atoms with Gasteiger partial charge in [-0.3, -0.25) is 14.5 Å². The van der Waals surface area contributed by atoms with Crippen LogP contribution in [0.3, 0.4) is 0 Å². The molecule has 6 heteroatoms. The number of carbonyl (C=O) groups is 2. The number of amidine groups is 1. The van der Waals surface area contributed by atoms with E-state index in [0.29, 0.717) is 5.17 Å². The average Bonchev–Trinajstić information content (AvgIpc) is 3.05. The van der Waals surface area contributed by atoms with Crippen molar-refractivity contribution in [1.82, 2.24) is 0 Å².